The van der Waals surface area contributed by atoms with Crippen LogP contribution >= 0.6 is 0 Å². The van der Waals surface area contributed by atoms with Crippen LogP contribution in [0.5, 0.6) is 0 Å². The summed E-state index contributed by atoms with van der Waals surface area (Å²) >= 11 is 0. The quantitative estimate of drug-likeness (QED) is 0.560. The Labute approximate surface area is 153 Å². The van der Waals surface area contributed by atoms with E-state index in [-0.39, 0.29) is 6.10 Å². The summed E-state index contributed by atoms with van der Waals surface area (Å²) in [6.07, 6.45) is 12.7. The molecule has 3 saturated carbocycles. The van der Waals surface area contributed by atoms with Gasteiger partial charge in [0, 0.05) is 12.5 Å². The molecule has 140 valence electrons. The van der Waals surface area contributed by atoms with Crippen molar-refractivity contribution >= 4 is 6.47 Å². The van der Waals surface area contributed by atoms with Gasteiger partial charge in [-0.3, -0.25) is 4.79 Å². The molecule has 7 atom stereocenters. The van der Waals surface area contributed by atoms with E-state index in [4.69, 9.17) is 4.74 Å². The van der Waals surface area contributed by atoms with Gasteiger partial charge in [-0.15, -0.1) is 0 Å². The summed E-state index contributed by atoms with van der Waals surface area (Å²) in [5, 5.41) is 0. The fourth-order valence-corrected chi connectivity index (χ4v) is 7.64. The Kier molecular flexibility index (Phi) is 4.30. The molecule has 3 heteroatoms. The SMILES string of the molecule is CN(C)[C@@H]1CC[C@H]2[C@@H]3CC=C4C[C@@H](OC=O)CC[C@]4(C)[C@H]3CC[C@@]21C. The molecule has 0 aliphatic heterocycles. The average molecular weight is 346 g/mol. The second kappa shape index (κ2) is 6.11. The molecular formula is C22H35NO2. The molecule has 0 aromatic rings. The van der Waals surface area contributed by atoms with Crippen molar-refractivity contribution in [3.05, 3.63) is 11.6 Å². The van der Waals surface area contributed by atoms with Crippen molar-refractivity contribution in [1.29, 1.82) is 0 Å². The lowest BCUT2D eigenvalue weighted by Crippen LogP contribution is -2.53. The molecule has 0 spiro atoms. The van der Waals surface area contributed by atoms with Gasteiger partial charge in [-0.2, -0.15) is 0 Å². The van der Waals surface area contributed by atoms with E-state index in [1.807, 2.05) is 0 Å². The van der Waals surface area contributed by atoms with Crippen LogP contribution in [0.2, 0.25) is 0 Å². The van der Waals surface area contributed by atoms with Gasteiger partial charge in [0.25, 0.3) is 6.47 Å². The number of allylic oxidation sites excluding steroid dienone is 1. The van der Waals surface area contributed by atoms with E-state index in [0.29, 0.717) is 17.3 Å². The van der Waals surface area contributed by atoms with Gasteiger partial charge in [-0.05, 0) is 87.6 Å². The molecular weight excluding hydrogens is 310 g/mol. The molecule has 0 saturated heterocycles. The number of nitrogens with zero attached hydrogens (tertiary/aromatic N) is 1. The molecule has 4 aliphatic carbocycles. The predicted molar refractivity (Wildman–Crippen MR) is 100 cm³/mol. The van der Waals surface area contributed by atoms with Crippen LogP contribution in [-0.2, 0) is 9.53 Å². The van der Waals surface area contributed by atoms with Gasteiger partial charge in [0.05, 0.1) is 0 Å². The first kappa shape index (κ1) is 17.6. The molecule has 3 fully saturated rings. The number of carbonyl (C=O) groups excluding carboxylic acids is 1. The maximum atomic E-state index is 10.7. The van der Waals surface area contributed by atoms with Gasteiger partial charge in [-0.1, -0.05) is 25.5 Å². The summed E-state index contributed by atoms with van der Waals surface area (Å²) in [4.78, 5) is 13.2. The third-order valence-electron chi connectivity index (χ3n) is 8.88. The highest BCUT2D eigenvalue weighted by Gasteiger charge is 2.59. The molecule has 3 nitrogen and oxygen atoms in total. The van der Waals surface area contributed by atoms with E-state index < -0.39 is 0 Å². The number of carbonyl (C=O) groups is 1. The minimum absolute atomic E-state index is 0.117. The lowest BCUT2D eigenvalue weighted by molar-refractivity contribution is -0.136. The summed E-state index contributed by atoms with van der Waals surface area (Å²) in [5.74, 6) is 2.59. The molecule has 0 N–H and O–H groups in total. The first-order valence-electron chi connectivity index (χ1n) is 10.3. The fraction of sp³-hybridized carbons (Fsp3) is 0.864. The second-order valence-corrected chi connectivity index (χ2v) is 9.96. The lowest BCUT2D eigenvalue weighted by Gasteiger charge is -2.58. The smallest absolute Gasteiger partial charge is 0.293 e. The van der Waals surface area contributed by atoms with Gasteiger partial charge >= 0.3 is 0 Å². The molecule has 0 radical (unpaired) electrons. The minimum Gasteiger partial charge on any atom is -0.464 e. The predicted octanol–water partition coefficient (Wildman–Crippen LogP) is 4.42. The first-order valence-corrected chi connectivity index (χ1v) is 10.3. The maximum absolute atomic E-state index is 10.7. The normalized spacial score (nSPS) is 49.0. The standard InChI is InChI=1S/C22H35NO2/c1-21-11-9-16(25-14-24)13-15(21)5-6-17-18-7-8-20(23(3)4)22(18,2)12-10-19(17)21/h5,14,16-20H,6-13H2,1-4H3/t16-,17-,18-,19-,20+,21-,22-/m0/s1. The molecule has 0 aromatic heterocycles. The van der Waals surface area contributed by atoms with Crippen molar-refractivity contribution in [2.45, 2.75) is 77.4 Å². The number of hydrogen-bond donors (Lipinski definition) is 0. The third-order valence-corrected chi connectivity index (χ3v) is 8.88. The zero-order valence-corrected chi connectivity index (χ0v) is 16.5. The molecule has 0 aromatic carbocycles. The van der Waals surface area contributed by atoms with Crippen LogP contribution in [0, 0.1) is 28.6 Å². The number of fused-ring (bicyclic) bond motifs is 5. The first-order chi connectivity index (χ1) is 11.9. The van der Waals surface area contributed by atoms with Crippen LogP contribution in [0.1, 0.15) is 65.2 Å². The zero-order valence-electron chi connectivity index (χ0n) is 16.5. The Hall–Kier alpha value is -0.830. The highest BCUT2D eigenvalue weighted by Crippen LogP contribution is 2.65. The largest absolute Gasteiger partial charge is 0.464 e. The van der Waals surface area contributed by atoms with Crippen molar-refractivity contribution in [1.82, 2.24) is 4.90 Å². The Morgan fingerprint density at radius 1 is 1.12 bits per heavy atom. The third kappa shape index (κ3) is 2.52. The zero-order chi connectivity index (χ0) is 17.8. The van der Waals surface area contributed by atoms with Crippen LogP contribution in [0.15, 0.2) is 11.6 Å². The summed E-state index contributed by atoms with van der Waals surface area (Å²) in [5.41, 5.74) is 2.45. The number of hydrogen-bond acceptors (Lipinski definition) is 3. The van der Waals surface area contributed by atoms with Gasteiger partial charge in [0.1, 0.15) is 6.10 Å². The minimum atomic E-state index is 0.117. The molecule has 0 amide bonds. The second-order valence-electron chi connectivity index (χ2n) is 9.96. The Bertz CT molecular complexity index is 570. The summed E-state index contributed by atoms with van der Waals surface area (Å²) in [6, 6.07) is 0.758. The molecule has 0 heterocycles. The van der Waals surface area contributed by atoms with Crippen molar-refractivity contribution in [3.63, 3.8) is 0 Å². The van der Waals surface area contributed by atoms with Crippen molar-refractivity contribution in [2.24, 2.45) is 28.6 Å². The molecule has 4 rings (SSSR count). The Morgan fingerprint density at radius 2 is 1.92 bits per heavy atom. The number of rotatable bonds is 3. The van der Waals surface area contributed by atoms with E-state index in [0.717, 1.165) is 36.6 Å². The van der Waals surface area contributed by atoms with Gasteiger partial charge in [-0.25, -0.2) is 0 Å². The lowest BCUT2D eigenvalue weighted by atomic mass is 9.48. The highest BCUT2D eigenvalue weighted by molar-refractivity contribution is 5.38. The molecule has 4 aliphatic rings. The maximum Gasteiger partial charge on any atom is 0.293 e. The van der Waals surface area contributed by atoms with Gasteiger partial charge < -0.3 is 9.64 Å². The van der Waals surface area contributed by atoms with E-state index in [1.54, 1.807) is 5.57 Å². The Morgan fingerprint density at radius 3 is 2.64 bits per heavy atom. The Balaban J connectivity index is 1.60. The highest BCUT2D eigenvalue weighted by atomic mass is 16.5. The fourth-order valence-electron chi connectivity index (χ4n) is 7.64. The summed E-state index contributed by atoms with van der Waals surface area (Å²) in [6.45, 7) is 5.75. The van der Waals surface area contributed by atoms with Gasteiger partial charge in [0.15, 0.2) is 0 Å². The van der Waals surface area contributed by atoms with Gasteiger partial charge in [0.2, 0.25) is 0 Å². The summed E-state index contributed by atoms with van der Waals surface area (Å²) in [7, 11) is 4.55. The van der Waals surface area contributed by atoms with Crippen molar-refractivity contribution in [3.8, 4) is 0 Å². The molecule has 0 unspecified atom stereocenters. The van der Waals surface area contributed by atoms with Crippen LogP contribution in [-0.4, -0.2) is 37.6 Å². The molecule has 25 heavy (non-hydrogen) atoms. The summed E-state index contributed by atoms with van der Waals surface area (Å²) < 4.78 is 5.31. The van der Waals surface area contributed by atoms with E-state index in [9.17, 15) is 4.79 Å². The van der Waals surface area contributed by atoms with Crippen molar-refractivity contribution < 1.29 is 9.53 Å². The van der Waals surface area contributed by atoms with Crippen LogP contribution < -0.4 is 0 Å². The van der Waals surface area contributed by atoms with E-state index >= 15 is 0 Å². The van der Waals surface area contributed by atoms with E-state index in [1.165, 1.54) is 38.5 Å². The monoisotopic (exact) mass is 345 g/mol. The van der Waals surface area contributed by atoms with Crippen LogP contribution in [0.4, 0.5) is 0 Å². The molecule has 0 bridgehead atoms. The van der Waals surface area contributed by atoms with Crippen LogP contribution in [0.3, 0.4) is 0 Å². The van der Waals surface area contributed by atoms with Crippen molar-refractivity contribution in [2.75, 3.05) is 14.1 Å². The van der Waals surface area contributed by atoms with E-state index in [2.05, 4.69) is 38.9 Å². The van der Waals surface area contributed by atoms with Crippen LogP contribution in [0.25, 0.3) is 0 Å². The average Bonchev–Trinajstić information content (AvgIpc) is 2.93. The topological polar surface area (TPSA) is 29.5 Å². The number of ether oxygens (including phenoxy) is 1.